The lowest BCUT2D eigenvalue weighted by Gasteiger charge is -2.29. The Kier molecular flexibility index (Phi) is 3.96. The minimum atomic E-state index is -1.23. The van der Waals surface area contributed by atoms with Gasteiger partial charge < -0.3 is 25.4 Å². The van der Waals surface area contributed by atoms with Gasteiger partial charge in [-0.25, -0.2) is 9.59 Å². The van der Waals surface area contributed by atoms with E-state index < -0.39 is 17.7 Å². The molecule has 2 aliphatic rings. The Morgan fingerprint density at radius 3 is 2.65 bits per heavy atom. The monoisotopic (exact) mass is 317 g/mol. The molecule has 2 aliphatic heterocycles. The maximum absolute atomic E-state index is 11.9. The maximum atomic E-state index is 11.9. The molecule has 7 nitrogen and oxygen atoms in total. The third-order valence-electron chi connectivity index (χ3n) is 3.54. The van der Waals surface area contributed by atoms with Gasteiger partial charge in [-0.2, -0.15) is 0 Å². The van der Waals surface area contributed by atoms with Crippen molar-refractivity contribution in [2.75, 3.05) is 23.7 Å². The predicted molar refractivity (Wildman–Crippen MR) is 84.6 cm³/mol. The van der Waals surface area contributed by atoms with E-state index in [2.05, 4.69) is 16.0 Å². The molecule has 0 atom stereocenters. The maximum Gasteiger partial charge on any atom is 0.350 e. The third-order valence-corrected chi connectivity index (χ3v) is 3.54. The highest BCUT2D eigenvalue weighted by atomic mass is 16.7. The van der Waals surface area contributed by atoms with Crippen LogP contribution >= 0.6 is 0 Å². The lowest BCUT2D eigenvalue weighted by atomic mass is 10.1. The number of rotatable bonds is 2. The van der Waals surface area contributed by atoms with Crippen LogP contribution < -0.4 is 16.0 Å². The number of hydrogen-bond acceptors (Lipinski definition) is 7. The summed E-state index contributed by atoms with van der Waals surface area (Å²) in [6, 6.07) is 5.79. The molecule has 0 unspecified atom stereocenters. The number of fused-ring (bicyclic) bond motifs is 1. The van der Waals surface area contributed by atoms with Crippen LogP contribution in [0.25, 0.3) is 0 Å². The minimum absolute atomic E-state index is 0.157. The van der Waals surface area contributed by atoms with Crippen LogP contribution in [-0.2, 0) is 25.6 Å². The van der Waals surface area contributed by atoms with Gasteiger partial charge in [0.15, 0.2) is 5.57 Å². The quantitative estimate of drug-likeness (QED) is 0.431. The van der Waals surface area contributed by atoms with Gasteiger partial charge in [0.05, 0.1) is 0 Å². The van der Waals surface area contributed by atoms with Crippen LogP contribution in [0.3, 0.4) is 0 Å². The summed E-state index contributed by atoms with van der Waals surface area (Å²) in [5.41, 5.74) is 2.80. The summed E-state index contributed by atoms with van der Waals surface area (Å²) < 4.78 is 10.1. The summed E-state index contributed by atoms with van der Waals surface area (Å²) in [7, 11) is 0. The Balaban J connectivity index is 1.76. The molecule has 2 heterocycles. The van der Waals surface area contributed by atoms with Crippen molar-refractivity contribution in [2.45, 2.75) is 26.2 Å². The minimum Gasteiger partial charge on any atom is -0.419 e. The van der Waals surface area contributed by atoms with E-state index in [1.54, 1.807) is 0 Å². The normalized spacial score (nSPS) is 19.7. The smallest absolute Gasteiger partial charge is 0.350 e. The van der Waals surface area contributed by atoms with E-state index >= 15 is 0 Å². The Morgan fingerprint density at radius 2 is 1.91 bits per heavy atom. The van der Waals surface area contributed by atoms with Gasteiger partial charge in [-0.15, -0.1) is 0 Å². The Morgan fingerprint density at radius 1 is 1.17 bits per heavy atom. The van der Waals surface area contributed by atoms with Gasteiger partial charge in [-0.3, -0.25) is 0 Å². The predicted octanol–water partition coefficient (Wildman–Crippen LogP) is 1.33. The molecule has 0 aromatic heterocycles. The summed E-state index contributed by atoms with van der Waals surface area (Å²) in [5.74, 6) is -2.62. The molecule has 0 radical (unpaired) electrons. The van der Waals surface area contributed by atoms with Crippen molar-refractivity contribution in [1.82, 2.24) is 5.32 Å². The highest BCUT2D eigenvalue weighted by Crippen LogP contribution is 2.24. The number of carbonyl (C=O) groups is 2. The summed E-state index contributed by atoms with van der Waals surface area (Å²) in [6.45, 7) is 5.55. The van der Waals surface area contributed by atoms with E-state index in [4.69, 9.17) is 9.47 Å². The summed E-state index contributed by atoms with van der Waals surface area (Å²) in [6.07, 6.45) is 1.32. The van der Waals surface area contributed by atoms with E-state index in [1.165, 1.54) is 20.0 Å². The Labute approximate surface area is 134 Å². The first-order valence-corrected chi connectivity index (χ1v) is 7.45. The van der Waals surface area contributed by atoms with Crippen LogP contribution in [0.5, 0.6) is 0 Å². The van der Waals surface area contributed by atoms with Gasteiger partial charge in [0.1, 0.15) is 0 Å². The molecule has 1 aromatic rings. The van der Waals surface area contributed by atoms with Crippen molar-refractivity contribution in [1.29, 1.82) is 0 Å². The van der Waals surface area contributed by atoms with Crippen LogP contribution in [0.2, 0.25) is 0 Å². The number of esters is 2. The Bertz CT molecular complexity index is 660. The largest absolute Gasteiger partial charge is 0.419 e. The van der Waals surface area contributed by atoms with Crippen LogP contribution in [0.4, 0.5) is 11.4 Å². The van der Waals surface area contributed by atoms with E-state index in [0.29, 0.717) is 0 Å². The van der Waals surface area contributed by atoms with Crippen molar-refractivity contribution in [3.05, 3.63) is 35.5 Å². The van der Waals surface area contributed by atoms with Crippen molar-refractivity contribution < 1.29 is 19.1 Å². The first-order chi connectivity index (χ1) is 10.9. The summed E-state index contributed by atoms with van der Waals surface area (Å²) >= 11 is 0. The fraction of sp³-hybridized carbons (Fsp3) is 0.375. The topological polar surface area (TPSA) is 88.7 Å². The SMILES string of the molecule is CC1(C)OC(=O)C(=CNc2ccc3c(c2)CNCCN3)C(=O)O1. The zero-order chi connectivity index (χ0) is 16.4. The number of ether oxygens (including phenoxy) is 2. The fourth-order valence-corrected chi connectivity index (χ4v) is 2.44. The van der Waals surface area contributed by atoms with Gasteiger partial charge in [-0.1, -0.05) is 0 Å². The first kappa shape index (κ1) is 15.4. The number of cyclic esters (lactones) is 2. The molecule has 1 fully saturated rings. The number of hydrogen-bond donors (Lipinski definition) is 3. The number of benzene rings is 1. The zero-order valence-electron chi connectivity index (χ0n) is 13.1. The highest BCUT2D eigenvalue weighted by Gasteiger charge is 2.38. The third kappa shape index (κ3) is 3.45. The lowest BCUT2D eigenvalue weighted by molar-refractivity contribution is -0.222. The van der Waals surface area contributed by atoms with Crippen LogP contribution in [0, 0.1) is 0 Å². The summed E-state index contributed by atoms with van der Waals surface area (Å²) in [5, 5.41) is 9.59. The van der Waals surface area contributed by atoms with Gasteiger partial charge in [-0.05, 0) is 23.8 Å². The molecule has 0 saturated carbocycles. The molecule has 1 saturated heterocycles. The second-order valence-electron chi connectivity index (χ2n) is 5.86. The molecule has 0 amide bonds. The van der Waals surface area contributed by atoms with Crippen molar-refractivity contribution in [3.8, 4) is 0 Å². The van der Waals surface area contributed by atoms with Gasteiger partial charge >= 0.3 is 11.9 Å². The molecular formula is C16H19N3O4. The fourth-order valence-electron chi connectivity index (χ4n) is 2.44. The second-order valence-corrected chi connectivity index (χ2v) is 5.86. The van der Waals surface area contributed by atoms with Crippen molar-refractivity contribution in [2.24, 2.45) is 0 Å². The molecule has 122 valence electrons. The van der Waals surface area contributed by atoms with E-state index in [9.17, 15) is 9.59 Å². The Hall–Kier alpha value is -2.54. The van der Waals surface area contributed by atoms with Crippen LogP contribution in [-0.4, -0.2) is 30.8 Å². The van der Waals surface area contributed by atoms with Crippen LogP contribution in [0.1, 0.15) is 19.4 Å². The van der Waals surface area contributed by atoms with Gasteiger partial charge in [0, 0.05) is 51.1 Å². The zero-order valence-corrected chi connectivity index (χ0v) is 13.1. The molecule has 7 heteroatoms. The molecule has 23 heavy (non-hydrogen) atoms. The van der Waals surface area contributed by atoms with E-state index in [-0.39, 0.29) is 5.57 Å². The van der Waals surface area contributed by atoms with Crippen LogP contribution in [0.15, 0.2) is 30.0 Å². The van der Waals surface area contributed by atoms with Crippen molar-refractivity contribution in [3.63, 3.8) is 0 Å². The molecule has 0 aliphatic carbocycles. The molecule has 0 spiro atoms. The molecule has 3 rings (SSSR count). The lowest BCUT2D eigenvalue weighted by Crippen LogP contribution is -2.42. The molecule has 1 aromatic carbocycles. The molecule has 3 N–H and O–H groups in total. The molecular weight excluding hydrogens is 298 g/mol. The first-order valence-electron chi connectivity index (χ1n) is 7.45. The summed E-state index contributed by atoms with van der Waals surface area (Å²) in [4.78, 5) is 23.7. The average molecular weight is 317 g/mol. The average Bonchev–Trinajstić information content (AvgIpc) is 2.69. The van der Waals surface area contributed by atoms with E-state index in [0.717, 1.165) is 36.6 Å². The van der Waals surface area contributed by atoms with Crippen molar-refractivity contribution >= 4 is 23.3 Å². The second kappa shape index (κ2) is 5.92. The van der Waals surface area contributed by atoms with E-state index in [1.807, 2.05) is 18.2 Å². The standard InChI is InChI=1S/C16H19N3O4/c1-16(2)22-14(20)12(15(21)23-16)9-19-11-3-4-13-10(7-11)8-17-5-6-18-13/h3-4,7,9,17-19H,5-6,8H2,1-2H3. The number of anilines is 2. The molecule has 0 bridgehead atoms. The highest BCUT2D eigenvalue weighted by molar-refractivity contribution is 6.15. The number of nitrogens with one attached hydrogen (secondary N) is 3. The van der Waals surface area contributed by atoms with Gasteiger partial charge in [0.25, 0.3) is 5.79 Å². The van der Waals surface area contributed by atoms with Gasteiger partial charge in [0.2, 0.25) is 0 Å². The number of carbonyl (C=O) groups excluding carboxylic acids is 2.